The summed E-state index contributed by atoms with van der Waals surface area (Å²) in [5.41, 5.74) is 2.77. The molecule has 0 fully saturated rings. The van der Waals surface area contributed by atoms with Gasteiger partial charge in [0.05, 0.1) is 14.2 Å². The molecule has 0 aliphatic carbocycles. The predicted molar refractivity (Wildman–Crippen MR) is 136 cm³/mol. The molecule has 31 heavy (non-hydrogen) atoms. The van der Waals surface area contributed by atoms with Crippen molar-refractivity contribution in [2.75, 3.05) is 21.3 Å². The van der Waals surface area contributed by atoms with Crippen molar-refractivity contribution < 1.29 is 14.3 Å². The molecule has 0 heterocycles. The van der Waals surface area contributed by atoms with Crippen LogP contribution in [0, 0.1) is 0 Å². The summed E-state index contributed by atoms with van der Waals surface area (Å²) >= 11 is 0. The third kappa shape index (κ3) is 8.28. The molecule has 2 rings (SSSR count). The standard InChI is InChI=1S/C23H32N4O3.HI/c1-6-16(2)27-22(28)19-10-7-17(8-11-19)14-25-23(24-3)26-15-18-9-12-20(29-4)21(13-18)30-5;/h7-13,16H,6,14-15H2,1-5H3,(H,27,28)(H2,24,25,26);1H. The Hall–Kier alpha value is -2.49. The summed E-state index contributed by atoms with van der Waals surface area (Å²) in [5.74, 6) is 2.03. The van der Waals surface area contributed by atoms with Crippen LogP contribution in [0.3, 0.4) is 0 Å². The van der Waals surface area contributed by atoms with E-state index in [0.717, 1.165) is 17.5 Å². The van der Waals surface area contributed by atoms with Crippen molar-refractivity contribution in [3.05, 3.63) is 59.2 Å². The number of methoxy groups -OCH3 is 2. The van der Waals surface area contributed by atoms with Crippen LogP contribution < -0.4 is 25.4 Å². The van der Waals surface area contributed by atoms with Gasteiger partial charge in [-0.05, 0) is 48.7 Å². The maximum atomic E-state index is 12.2. The molecule has 1 unspecified atom stereocenters. The van der Waals surface area contributed by atoms with E-state index in [9.17, 15) is 4.79 Å². The van der Waals surface area contributed by atoms with Gasteiger partial charge in [0.15, 0.2) is 17.5 Å². The number of aliphatic imine (C=N–C) groups is 1. The van der Waals surface area contributed by atoms with Crippen LogP contribution in [0.5, 0.6) is 11.5 Å². The summed E-state index contributed by atoms with van der Waals surface area (Å²) in [7, 11) is 4.97. The maximum absolute atomic E-state index is 12.2. The number of rotatable bonds is 9. The Kier molecular flexibility index (Phi) is 11.8. The Labute approximate surface area is 202 Å². The van der Waals surface area contributed by atoms with Gasteiger partial charge >= 0.3 is 0 Å². The molecular formula is C23H33IN4O3. The van der Waals surface area contributed by atoms with Crippen LogP contribution in [-0.4, -0.2) is 39.2 Å². The number of nitrogens with zero attached hydrogens (tertiary/aromatic N) is 1. The Bertz CT molecular complexity index is 856. The molecule has 3 N–H and O–H groups in total. The summed E-state index contributed by atoms with van der Waals surface area (Å²) in [6.07, 6.45) is 0.906. The monoisotopic (exact) mass is 540 g/mol. The van der Waals surface area contributed by atoms with E-state index < -0.39 is 0 Å². The molecule has 2 aromatic carbocycles. The Morgan fingerprint density at radius 1 is 0.968 bits per heavy atom. The molecule has 0 bridgehead atoms. The van der Waals surface area contributed by atoms with E-state index in [-0.39, 0.29) is 35.9 Å². The van der Waals surface area contributed by atoms with Crippen LogP contribution in [0.2, 0.25) is 0 Å². The molecule has 0 aliphatic heterocycles. The summed E-state index contributed by atoms with van der Waals surface area (Å²) in [6, 6.07) is 13.5. The number of nitrogens with one attached hydrogen (secondary N) is 3. The van der Waals surface area contributed by atoms with Crippen LogP contribution in [0.15, 0.2) is 47.5 Å². The van der Waals surface area contributed by atoms with Gasteiger partial charge in [0.1, 0.15) is 0 Å². The van der Waals surface area contributed by atoms with E-state index in [0.29, 0.717) is 36.1 Å². The number of hydrogen-bond donors (Lipinski definition) is 3. The average molecular weight is 540 g/mol. The zero-order chi connectivity index (χ0) is 21.9. The molecule has 2 aromatic rings. The summed E-state index contributed by atoms with van der Waals surface area (Å²) in [5, 5.41) is 9.53. The highest BCUT2D eigenvalue weighted by Crippen LogP contribution is 2.27. The van der Waals surface area contributed by atoms with E-state index >= 15 is 0 Å². The number of guanidine groups is 1. The number of ether oxygens (including phenoxy) is 2. The molecule has 0 aliphatic rings. The van der Waals surface area contributed by atoms with Crippen molar-refractivity contribution in [1.82, 2.24) is 16.0 Å². The fourth-order valence-corrected chi connectivity index (χ4v) is 2.77. The Morgan fingerprint density at radius 3 is 2.10 bits per heavy atom. The lowest BCUT2D eigenvalue weighted by atomic mass is 10.1. The van der Waals surface area contributed by atoms with Crippen molar-refractivity contribution in [3.63, 3.8) is 0 Å². The number of amides is 1. The minimum atomic E-state index is -0.0451. The molecule has 1 atom stereocenters. The van der Waals surface area contributed by atoms with Crippen LogP contribution in [0.4, 0.5) is 0 Å². The summed E-state index contributed by atoms with van der Waals surface area (Å²) < 4.78 is 10.6. The Balaban J connectivity index is 0.00000480. The molecule has 7 nitrogen and oxygen atoms in total. The van der Waals surface area contributed by atoms with Gasteiger partial charge in [0.2, 0.25) is 0 Å². The molecule has 170 valence electrons. The lowest BCUT2D eigenvalue weighted by Crippen LogP contribution is -2.36. The molecule has 0 radical (unpaired) electrons. The van der Waals surface area contributed by atoms with E-state index in [1.807, 2.05) is 56.3 Å². The molecule has 0 saturated carbocycles. The number of benzene rings is 2. The molecule has 0 aromatic heterocycles. The second kappa shape index (κ2) is 13.7. The van der Waals surface area contributed by atoms with Crippen LogP contribution in [0.25, 0.3) is 0 Å². The van der Waals surface area contributed by atoms with Crippen LogP contribution in [0.1, 0.15) is 41.8 Å². The van der Waals surface area contributed by atoms with Gasteiger partial charge in [-0.15, -0.1) is 24.0 Å². The maximum Gasteiger partial charge on any atom is 0.251 e. The normalized spacial score (nSPS) is 11.7. The molecule has 1 amide bonds. The zero-order valence-electron chi connectivity index (χ0n) is 18.8. The van der Waals surface area contributed by atoms with E-state index in [1.54, 1.807) is 21.3 Å². The first kappa shape index (κ1) is 26.5. The minimum absolute atomic E-state index is 0. The van der Waals surface area contributed by atoms with Gasteiger partial charge in [-0.25, -0.2) is 0 Å². The highest BCUT2D eigenvalue weighted by molar-refractivity contribution is 14.0. The average Bonchev–Trinajstić information content (AvgIpc) is 2.79. The van der Waals surface area contributed by atoms with Gasteiger partial charge in [0, 0.05) is 31.7 Å². The van der Waals surface area contributed by atoms with Gasteiger partial charge in [0.25, 0.3) is 5.91 Å². The molecule has 0 spiro atoms. The lowest BCUT2D eigenvalue weighted by Gasteiger charge is -2.14. The largest absolute Gasteiger partial charge is 0.493 e. The number of hydrogen-bond acceptors (Lipinski definition) is 4. The fourth-order valence-electron chi connectivity index (χ4n) is 2.77. The van der Waals surface area contributed by atoms with Gasteiger partial charge in [-0.1, -0.05) is 25.1 Å². The van der Waals surface area contributed by atoms with Crippen molar-refractivity contribution in [1.29, 1.82) is 0 Å². The van der Waals surface area contributed by atoms with Crippen molar-refractivity contribution in [3.8, 4) is 11.5 Å². The first-order valence-electron chi connectivity index (χ1n) is 10.1. The third-order valence-corrected chi connectivity index (χ3v) is 4.80. The van der Waals surface area contributed by atoms with Crippen molar-refractivity contribution in [2.24, 2.45) is 4.99 Å². The molecule has 0 saturated heterocycles. The zero-order valence-corrected chi connectivity index (χ0v) is 21.2. The van der Waals surface area contributed by atoms with Gasteiger partial charge in [-0.3, -0.25) is 9.79 Å². The SMILES string of the molecule is CCC(C)NC(=O)c1ccc(CNC(=NC)NCc2ccc(OC)c(OC)c2)cc1.I. The van der Waals surface area contributed by atoms with Crippen LogP contribution >= 0.6 is 24.0 Å². The second-order valence-electron chi connectivity index (χ2n) is 6.95. The quantitative estimate of drug-likeness (QED) is 0.257. The van der Waals surface area contributed by atoms with Crippen LogP contribution in [-0.2, 0) is 13.1 Å². The predicted octanol–water partition coefficient (Wildman–Crippen LogP) is 3.72. The highest BCUT2D eigenvalue weighted by Gasteiger charge is 2.09. The first-order chi connectivity index (χ1) is 14.5. The van der Waals surface area contributed by atoms with Crippen molar-refractivity contribution >= 4 is 35.8 Å². The van der Waals surface area contributed by atoms with E-state index in [4.69, 9.17) is 9.47 Å². The number of carbonyl (C=O) groups excluding carboxylic acids is 1. The fraction of sp³-hybridized carbons (Fsp3) is 0.391. The Morgan fingerprint density at radius 2 is 1.55 bits per heavy atom. The van der Waals surface area contributed by atoms with Gasteiger partial charge in [-0.2, -0.15) is 0 Å². The van der Waals surface area contributed by atoms with Gasteiger partial charge < -0.3 is 25.4 Å². The minimum Gasteiger partial charge on any atom is -0.493 e. The second-order valence-corrected chi connectivity index (χ2v) is 6.95. The lowest BCUT2D eigenvalue weighted by molar-refractivity contribution is 0.0939. The third-order valence-electron chi connectivity index (χ3n) is 4.80. The first-order valence-corrected chi connectivity index (χ1v) is 10.1. The summed E-state index contributed by atoms with van der Waals surface area (Å²) in [4.78, 5) is 16.4. The smallest absolute Gasteiger partial charge is 0.251 e. The van der Waals surface area contributed by atoms with E-state index in [1.165, 1.54) is 0 Å². The topological polar surface area (TPSA) is 84.0 Å². The number of carbonyl (C=O) groups is 1. The summed E-state index contributed by atoms with van der Waals surface area (Å²) in [6.45, 7) is 5.23. The van der Waals surface area contributed by atoms with Crippen molar-refractivity contribution in [2.45, 2.75) is 39.4 Å². The van der Waals surface area contributed by atoms with E-state index in [2.05, 4.69) is 20.9 Å². The molecule has 8 heteroatoms. The highest BCUT2D eigenvalue weighted by atomic mass is 127. The molecular weight excluding hydrogens is 507 g/mol. The number of halogens is 1.